The number of benzene rings is 3. The molecule has 0 spiro atoms. The molecule has 6 aromatic rings. The molecule has 0 atom stereocenters. The van der Waals surface area contributed by atoms with Crippen molar-refractivity contribution >= 4 is 44.9 Å². The number of rotatable bonds is 6. The van der Waals surface area contributed by atoms with E-state index in [1.165, 1.54) is 4.68 Å². The maximum atomic E-state index is 13.7. The molecule has 3 aromatic heterocycles. The third-order valence-electron chi connectivity index (χ3n) is 6.61. The summed E-state index contributed by atoms with van der Waals surface area (Å²) in [6.45, 7) is 1.92. The molecule has 0 aliphatic heterocycles. The summed E-state index contributed by atoms with van der Waals surface area (Å²) in [5.41, 5.74) is 8.70. The van der Waals surface area contributed by atoms with E-state index in [4.69, 9.17) is 19.9 Å². The van der Waals surface area contributed by atoms with Crippen LogP contribution in [0.2, 0.25) is 0 Å². The van der Waals surface area contributed by atoms with Gasteiger partial charge in [0.15, 0.2) is 5.76 Å². The minimum Gasteiger partial charge on any atom is -0.496 e. The van der Waals surface area contributed by atoms with E-state index in [2.05, 4.69) is 5.10 Å². The number of primary amides is 1. The molecule has 3 aromatic carbocycles. The van der Waals surface area contributed by atoms with Crippen LogP contribution in [0.15, 0.2) is 87.1 Å². The first-order valence-electron chi connectivity index (χ1n) is 12.0. The molecule has 9 nitrogen and oxygen atoms in total. The SMILES string of the molecule is COc1cccc2oc(-c3nc4ccccc4c(=O)n3N=Cc3c(C)n(CC(N)=O)c4ccccc34)cc12. The Labute approximate surface area is 216 Å². The molecule has 1 amide bonds. The lowest BCUT2D eigenvalue weighted by Crippen LogP contribution is -2.20. The van der Waals surface area contributed by atoms with Gasteiger partial charge >= 0.3 is 0 Å². The molecule has 3 heterocycles. The molecular formula is C29H23N5O4. The van der Waals surface area contributed by atoms with Crippen LogP contribution < -0.4 is 16.0 Å². The maximum Gasteiger partial charge on any atom is 0.282 e. The first-order chi connectivity index (χ1) is 18.5. The summed E-state index contributed by atoms with van der Waals surface area (Å²) < 4.78 is 14.7. The second-order valence-corrected chi connectivity index (χ2v) is 8.87. The van der Waals surface area contributed by atoms with Gasteiger partial charge < -0.3 is 19.5 Å². The lowest BCUT2D eigenvalue weighted by atomic mass is 10.1. The normalized spacial score (nSPS) is 11.7. The number of carbonyl (C=O) groups excluding carboxylic acids is 1. The van der Waals surface area contributed by atoms with Gasteiger partial charge in [0.05, 0.1) is 29.6 Å². The molecule has 0 radical (unpaired) electrons. The number of hydrogen-bond donors (Lipinski definition) is 1. The largest absolute Gasteiger partial charge is 0.496 e. The molecule has 188 valence electrons. The Balaban J connectivity index is 1.58. The third-order valence-corrected chi connectivity index (χ3v) is 6.61. The minimum absolute atomic E-state index is 0.0315. The van der Waals surface area contributed by atoms with Gasteiger partial charge in [-0.3, -0.25) is 9.59 Å². The topological polar surface area (TPSA) is 118 Å². The van der Waals surface area contributed by atoms with Gasteiger partial charge in [0.1, 0.15) is 17.9 Å². The summed E-state index contributed by atoms with van der Waals surface area (Å²) in [6, 6.07) is 22.0. The van der Waals surface area contributed by atoms with Gasteiger partial charge in [-0.2, -0.15) is 9.78 Å². The van der Waals surface area contributed by atoms with Gasteiger partial charge in [0, 0.05) is 22.2 Å². The van der Waals surface area contributed by atoms with Crippen LogP contribution >= 0.6 is 0 Å². The number of carbonyl (C=O) groups is 1. The number of nitrogens with zero attached hydrogens (tertiary/aromatic N) is 4. The van der Waals surface area contributed by atoms with Crippen LogP contribution in [-0.4, -0.2) is 33.5 Å². The highest BCUT2D eigenvalue weighted by Crippen LogP contribution is 2.33. The van der Waals surface area contributed by atoms with Crippen LogP contribution in [0.4, 0.5) is 0 Å². The van der Waals surface area contributed by atoms with Crippen LogP contribution in [0, 0.1) is 6.92 Å². The molecule has 2 N–H and O–H groups in total. The second kappa shape index (κ2) is 9.04. The summed E-state index contributed by atoms with van der Waals surface area (Å²) in [7, 11) is 1.59. The summed E-state index contributed by atoms with van der Waals surface area (Å²) in [6.07, 6.45) is 1.61. The number of ether oxygens (including phenoxy) is 1. The zero-order valence-electron chi connectivity index (χ0n) is 20.7. The first kappa shape index (κ1) is 23.2. The van der Waals surface area contributed by atoms with Gasteiger partial charge in [-0.1, -0.05) is 36.4 Å². The summed E-state index contributed by atoms with van der Waals surface area (Å²) >= 11 is 0. The predicted molar refractivity (Wildman–Crippen MR) is 147 cm³/mol. The molecular weight excluding hydrogens is 482 g/mol. The van der Waals surface area contributed by atoms with E-state index >= 15 is 0 Å². The Morgan fingerprint density at radius 3 is 2.61 bits per heavy atom. The molecule has 0 unspecified atom stereocenters. The van der Waals surface area contributed by atoms with Crippen LogP contribution in [0.5, 0.6) is 5.75 Å². The van der Waals surface area contributed by atoms with Gasteiger partial charge in [0.25, 0.3) is 5.56 Å². The van der Waals surface area contributed by atoms with E-state index in [9.17, 15) is 9.59 Å². The lowest BCUT2D eigenvalue weighted by molar-refractivity contribution is -0.118. The Hall–Kier alpha value is -5.18. The molecule has 6 rings (SSSR count). The number of furan rings is 1. The highest BCUT2D eigenvalue weighted by Gasteiger charge is 2.19. The zero-order valence-corrected chi connectivity index (χ0v) is 20.7. The molecule has 0 fully saturated rings. The molecule has 0 aliphatic carbocycles. The Morgan fingerprint density at radius 1 is 1.05 bits per heavy atom. The average molecular weight is 506 g/mol. The molecule has 38 heavy (non-hydrogen) atoms. The van der Waals surface area contributed by atoms with E-state index in [1.54, 1.807) is 37.6 Å². The summed E-state index contributed by atoms with van der Waals surface area (Å²) in [5, 5.41) is 6.68. The van der Waals surface area contributed by atoms with Crippen molar-refractivity contribution in [1.29, 1.82) is 0 Å². The van der Waals surface area contributed by atoms with Gasteiger partial charge in [-0.05, 0) is 43.3 Å². The Morgan fingerprint density at radius 2 is 1.82 bits per heavy atom. The van der Waals surface area contributed by atoms with E-state index in [0.717, 1.165) is 27.5 Å². The van der Waals surface area contributed by atoms with Crippen molar-refractivity contribution in [2.45, 2.75) is 13.5 Å². The molecule has 9 heteroatoms. The standard InChI is InChI=1S/C29H23N5O4/c1-17-21(18-8-4-6-11-23(18)33(17)16-27(30)35)15-31-34-28(32-22-10-5-3-9-19(22)29(34)36)26-14-20-24(37-2)12-7-13-25(20)38-26/h3-15H,16H2,1-2H3,(H2,30,35). The van der Waals surface area contributed by atoms with E-state index in [0.29, 0.717) is 28.0 Å². The highest BCUT2D eigenvalue weighted by atomic mass is 16.5. The minimum atomic E-state index is -0.449. The van der Waals surface area contributed by atoms with Crippen molar-refractivity contribution in [2.75, 3.05) is 7.11 Å². The number of methoxy groups -OCH3 is 1. The molecule has 0 aliphatic rings. The monoisotopic (exact) mass is 505 g/mol. The lowest BCUT2D eigenvalue weighted by Gasteiger charge is -2.07. The fourth-order valence-corrected chi connectivity index (χ4v) is 4.81. The Bertz CT molecular complexity index is 1960. The number of hydrogen-bond acceptors (Lipinski definition) is 6. The zero-order chi connectivity index (χ0) is 26.4. The highest BCUT2D eigenvalue weighted by molar-refractivity contribution is 6.01. The smallest absolute Gasteiger partial charge is 0.282 e. The molecule has 0 bridgehead atoms. The van der Waals surface area contributed by atoms with Gasteiger partial charge in [0.2, 0.25) is 11.7 Å². The van der Waals surface area contributed by atoms with E-state index in [1.807, 2.05) is 60.0 Å². The van der Waals surface area contributed by atoms with Crippen LogP contribution in [0.3, 0.4) is 0 Å². The fourth-order valence-electron chi connectivity index (χ4n) is 4.81. The predicted octanol–water partition coefficient (Wildman–Crippen LogP) is 4.45. The van der Waals surface area contributed by atoms with Crippen LogP contribution in [0.25, 0.3) is 44.4 Å². The number of aromatic nitrogens is 3. The first-order valence-corrected chi connectivity index (χ1v) is 12.0. The molecule has 0 saturated carbocycles. The van der Waals surface area contributed by atoms with Crippen molar-refractivity contribution < 1.29 is 13.9 Å². The van der Waals surface area contributed by atoms with Crippen LogP contribution in [0.1, 0.15) is 11.3 Å². The van der Waals surface area contributed by atoms with Gasteiger partial charge in [-0.25, -0.2) is 4.98 Å². The van der Waals surface area contributed by atoms with Crippen molar-refractivity contribution in [3.8, 4) is 17.3 Å². The van der Waals surface area contributed by atoms with E-state index < -0.39 is 5.91 Å². The third kappa shape index (κ3) is 3.72. The number of amides is 1. The van der Waals surface area contributed by atoms with Crippen molar-refractivity contribution in [3.63, 3.8) is 0 Å². The number of para-hydroxylation sites is 2. The van der Waals surface area contributed by atoms with E-state index in [-0.39, 0.29) is 17.9 Å². The average Bonchev–Trinajstić information content (AvgIpc) is 3.47. The van der Waals surface area contributed by atoms with Crippen molar-refractivity contribution in [1.82, 2.24) is 14.2 Å². The number of nitrogens with two attached hydrogens (primary N) is 1. The maximum absolute atomic E-state index is 13.7. The van der Waals surface area contributed by atoms with Crippen LogP contribution in [-0.2, 0) is 11.3 Å². The Kier molecular flexibility index (Phi) is 5.53. The summed E-state index contributed by atoms with van der Waals surface area (Å²) in [5.74, 6) is 0.822. The quantitative estimate of drug-likeness (QED) is 0.336. The molecule has 0 saturated heterocycles. The second-order valence-electron chi connectivity index (χ2n) is 8.87. The van der Waals surface area contributed by atoms with Gasteiger partial charge in [-0.15, -0.1) is 0 Å². The van der Waals surface area contributed by atoms with Crippen molar-refractivity contribution in [3.05, 3.63) is 94.4 Å². The fraction of sp³-hybridized carbons (Fsp3) is 0.103. The van der Waals surface area contributed by atoms with Crippen molar-refractivity contribution in [2.24, 2.45) is 10.8 Å². The summed E-state index contributed by atoms with van der Waals surface area (Å²) in [4.78, 5) is 30.1. The number of fused-ring (bicyclic) bond motifs is 3.